The molecule has 0 unspecified atom stereocenters. The van der Waals surface area contributed by atoms with Crippen molar-refractivity contribution >= 4 is 23.5 Å². The molecule has 1 heterocycles. The highest BCUT2D eigenvalue weighted by Crippen LogP contribution is 2.29. The molecule has 0 N–H and O–H groups in total. The van der Waals surface area contributed by atoms with Crippen molar-refractivity contribution in [2.24, 2.45) is 20.5 Å². The van der Waals surface area contributed by atoms with Crippen molar-refractivity contribution in [2.75, 3.05) is 20.3 Å². The number of nitrogens with zero attached hydrogens (tertiary/aromatic N) is 4. The molecule has 2 aromatic carbocycles. The summed E-state index contributed by atoms with van der Waals surface area (Å²) in [7, 11) is 1.40. The number of oxime groups is 2. The van der Waals surface area contributed by atoms with Crippen molar-refractivity contribution in [3.8, 4) is 0 Å². The monoisotopic (exact) mass is 432 g/mol. The normalized spacial score (nSPS) is 15.3. The van der Waals surface area contributed by atoms with Gasteiger partial charge in [-0.25, -0.2) is 0 Å². The van der Waals surface area contributed by atoms with Crippen molar-refractivity contribution in [2.45, 2.75) is 13.1 Å². The van der Waals surface area contributed by atoms with Crippen LogP contribution in [0.1, 0.15) is 29.2 Å². The fraction of sp³-hybridized carbons (Fsp3) is 0.238. The summed E-state index contributed by atoms with van der Waals surface area (Å²) in [5, 5.41) is 16.0. The van der Waals surface area contributed by atoms with Gasteiger partial charge in [0.25, 0.3) is 5.90 Å². The van der Waals surface area contributed by atoms with E-state index >= 15 is 0 Å². The minimum Gasteiger partial charge on any atom is -0.470 e. The van der Waals surface area contributed by atoms with E-state index < -0.39 is 11.7 Å². The summed E-state index contributed by atoms with van der Waals surface area (Å²) < 4.78 is 43.6. The Balaban J connectivity index is 1.84. The van der Waals surface area contributed by atoms with E-state index in [1.165, 1.54) is 25.5 Å². The first-order valence-corrected chi connectivity index (χ1v) is 9.19. The van der Waals surface area contributed by atoms with Crippen LogP contribution in [0.15, 0.2) is 69.0 Å². The van der Waals surface area contributed by atoms with Gasteiger partial charge in [0.15, 0.2) is 12.3 Å². The number of alkyl halides is 3. The zero-order valence-electron chi connectivity index (χ0n) is 16.8. The maximum Gasteiger partial charge on any atom is 0.416 e. The van der Waals surface area contributed by atoms with Crippen LogP contribution in [0.3, 0.4) is 0 Å². The molecule has 10 heteroatoms. The highest BCUT2D eigenvalue weighted by molar-refractivity contribution is 6.46. The van der Waals surface area contributed by atoms with E-state index in [1.54, 1.807) is 25.1 Å². The van der Waals surface area contributed by atoms with Gasteiger partial charge in [-0.15, -0.1) is 0 Å². The highest BCUT2D eigenvalue weighted by Gasteiger charge is 2.30. The number of hydrogen-bond donors (Lipinski definition) is 0. The molecule has 0 fully saturated rings. The van der Waals surface area contributed by atoms with Crippen LogP contribution >= 0.6 is 0 Å². The van der Waals surface area contributed by atoms with Gasteiger partial charge in [0, 0.05) is 11.1 Å². The molecule has 2 aromatic rings. The van der Waals surface area contributed by atoms with Gasteiger partial charge in [0.2, 0.25) is 0 Å². The molecule has 3 rings (SSSR count). The fourth-order valence-corrected chi connectivity index (χ4v) is 2.67. The molecule has 162 valence electrons. The average Bonchev–Trinajstić information content (AvgIpc) is 2.78. The average molecular weight is 432 g/mol. The van der Waals surface area contributed by atoms with Crippen LogP contribution in [0.25, 0.3) is 0 Å². The van der Waals surface area contributed by atoms with Crippen LogP contribution in [0.2, 0.25) is 0 Å². The summed E-state index contributed by atoms with van der Waals surface area (Å²) in [5.41, 5.74) is 1.87. The molecule has 0 amide bonds. The Bertz CT molecular complexity index is 1030. The van der Waals surface area contributed by atoms with Crippen molar-refractivity contribution in [3.05, 3.63) is 70.8 Å². The first-order valence-electron chi connectivity index (χ1n) is 9.19. The number of rotatable bonds is 6. The molecular formula is C21H19F3N4O3. The Morgan fingerprint density at radius 2 is 1.84 bits per heavy atom. The first kappa shape index (κ1) is 22.0. The number of hydrogen-bond acceptors (Lipinski definition) is 7. The van der Waals surface area contributed by atoms with Crippen LogP contribution < -0.4 is 0 Å². The van der Waals surface area contributed by atoms with Gasteiger partial charge < -0.3 is 14.4 Å². The smallest absolute Gasteiger partial charge is 0.416 e. The fourth-order valence-electron chi connectivity index (χ4n) is 2.67. The Hall–Kier alpha value is -3.69. The summed E-state index contributed by atoms with van der Waals surface area (Å²) in [4.78, 5) is 9.98. The predicted octanol–water partition coefficient (Wildman–Crippen LogP) is 4.26. The molecule has 0 radical (unpaired) electrons. The molecule has 31 heavy (non-hydrogen) atoms. The molecule has 1 aliphatic rings. The molecule has 0 atom stereocenters. The van der Waals surface area contributed by atoms with Crippen molar-refractivity contribution < 1.29 is 27.6 Å². The summed E-state index contributed by atoms with van der Waals surface area (Å²) in [6.45, 7) is 2.32. The molecule has 0 bridgehead atoms. The lowest BCUT2D eigenvalue weighted by atomic mass is 10.0. The van der Waals surface area contributed by atoms with Crippen LogP contribution in [-0.4, -0.2) is 43.9 Å². The topological polar surface area (TPSA) is 77.1 Å². The van der Waals surface area contributed by atoms with Gasteiger partial charge in [-0.3, -0.25) is 0 Å². The third-order valence-corrected chi connectivity index (χ3v) is 4.20. The maximum atomic E-state index is 12.7. The molecule has 0 aliphatic carbocycles. The van der Waals surface area contributed by atoms with E-state index in [1.807, 2.05) is 6.07 Å². The van der Waals surface area contributed by atoms with Gasteiger partial charge in [-0.2, -0.15) is 23.4 Å². The second kappa shape index (κ2) is 9.88. The van der Waals surface area contributed by atoms with Gasteiger partial charge >= 0.3 is 6.18 Å². The zero-order valence-corrected chi connectivity index (χ0v) is 16.8. The van der Waals surface area contributed by atoms with Gasteiger partial charge in [0.1, 0.15) is 13.7 Å². The summed E-state index contributed by atoms with van der Waals surface area (Å²) in [6, 6.07) is 11.9. The van der Waals surface area contributed by atoms with E-state index in [0.29, 0.717) is 41.3 Å². The van der Waals surface area contributed by atoms with Crippen LogP contribution in [0.4, 0.5) is 13.2 Å². The minimum atomic E-state index is -4.38. The second-order valence-electron chi connectivity index (χ2n) is 6.29. The van der Waals surface area contributed by atoms with Crippen molar-refractivity contribution in [1.82, 2.24) is 0 Å². The SMILES string of the molecule is CO/N=C(/C1=NOCCO1)c1ccccc1/C=N/N=C(\C)c1ccc(C(F)(F)F)cc1. The number of benzene rings is 2. The lowest BCUT2D eigenvalue weighted by Crippen LogP contribution is -2.26. The largest absolute Gasteiger partial charge is 0.470 e. The lowest BCUT2D eigenvalue weighted by molar-refractivity contribution is -0.137. The van der Waals surface area contributed by atoms with E-state index in [-0.39, 0.29) is 5.90 Å². The maximum absolute atomic E-state index is 12.7. The summed E-state index contributed by atoms with van der Waals surface area (Å²) in [5.74, 6) is 0.179. The molecule has 1 aliphatic heterocycles. The number of halogens is 3. The Morgan fingerprint density at radius 3 is 2.48 bits per heavy atom. The van der Waals surface area contributed by atoms with Gasteiger partial charge in [0.05, 0.1) is 17.5 Å². The van der Waals surface area contributed by atoms with Crippen LogP contribution in [0.5, 0.6) is 0 Å². The second-order valence-corrected chi connectivity index (χ2v) is 6.29. The molecule has 0 spiro atoms. The van der Waals surface area contributed by atoms with Gasteiger partial charge in [-0.05, 0) is 29.8 Å². The molecule has 0 saturated carbocycles. The lowest BCUT2D eigenvalue weighted by Gasteiger charge is -2.15. The standard InChI is InChI=1S/C21H19F3N4O3/c1-14(15-7-9-17(10-8-15)21(22,23)24)26-25-13-16-5-3-4-6-18(16)19(27-29-2)20-28-31-12-11-30-20/h3-10,13H,11-12H2,1-2H3/b25-13+,26-14+,27-19+. The minimum absolute atomic E-state index is 0.179. The Kier molecular flexibility index (Phi) is 7.01. The molecule has 7 nitrogen and oxygen atoms in total. The first-order chi connectivity index (χ1) is 14.9. The number of ether oxygens (including phenoxy) is 1. The third kappa shape index (κ3) is 5.68. The van der Waals surface area contributed by atoms with E-state index in [4.69, 9.17) is 14.4 Å². The molecule has 0 saturated heterocycles. The van der Waals surface area contributed by atoms with Crippen LogP contribution in [0, 0.1) is 0 Å². The Labute approximate surface area is 176 Å². The zero-order chi connectivity index (χ0) is 22.3. The quantitative estimate of drug-likeness (QED) is 0.506. The molecule has 0 aromatic heterocycles. The Morgan fingerprint density at radius 1 is 1.10 bits per heavy atom. The predicted molar refractivity (Wildman–Crippen MR) is 111 cm³/mol. The van der Waals surface area contributed by atoms with Crippen molar-refractivity contribution in [1.29, 1.82) is 0 Å². The third-order valence-electron chi connectivity index (χ3n) is 4.20. The van der Waals surface area contributed by atoms with Crippen molar-refractivity contribution in [3.63, 3.8) is 0 Å². The summed E-state index contributed by atoms with van der Waals surface area (Å²) in [6.07, 6.45) is -2.89. The van der Waals surface area contributed by atoms with E-state index in [9.17, 15) is 13.2 Å². The van der Waals surface area contributed by atoms with E-state index in [2.05, 4.69) is 20.5 Å². The summed E-state index contributed by atoms with van der Waals surface area (Å²) >= 11 is 0. The van der Waals surface area contributed by atoms with Gasteiger partial charge in [-0.1, -0.05) is 41.6 Å². The molecular weight excluding hydrogens is 413 g/mol. The highest BCUT2D eigenvalue weighted by atomic mass is 19.4. The van der Waals surface area contributed by atoms with Crippen LogP contribution in [-0.2, 0) is 20.6 Å². The van der Waals surface area contributed by atoms with E-state index in [0.717, 1.165) is 12.1 Å².